The number of aliphatic hydroxyl groups excluding tert-OH is 1. The molecule has 0 aromatic rings. The maximum Gasteiger partial charge on any atom is 0.257 e. The van der Waals surface area contributed by atoms with Crippen molar-refractivity contribution in [3.05, 3.63) is 0 Å². The lowest BCUT2D eigenvalue weighted by Gasteiger charge is -2.33. The van der Waals surface area contributed by atoms with E-state index in [4.69, 9.17) is 5.11 Å². The molecule has 0 bridgehead atoms. The first-order chi connectivity index (χ1) is 7.99. The van der Waals surface area contributed by atoms with E-state index in [9.17, 15) is 8.78 Å². The van der Waals surface area contributed by atoms with Gasteiger partial charge in [-0.2, -0.15) is 0 Å². The highest BCUT2D eigenvalue weighted by Gasteiger charge is 2.43. The average Bonchev–Trinajstić information content (AvgIpc) is 2.96. The Kier molecular flexibility index (Phi) is 4.03. The molecule has 17 heavy (non-hydrogen) atoms. The smallest absolute Gasteiger partial charge is 0.257 e. The molecule has 1 aliphatic heterocycles. The summed E-state index contributed by atoms with van der Waals surface area (Å²) in [5, 5.41) is 8.87. The number of piperidine rings is 1. The van der Waals surface area contributed by atoms with E-state index in [0.29, 0.717) is 18.4 Å². The summed E-state index contributed by atoms with van der Waals surface area (Å²) in [7, 11) is 0. The Morgan fingerprint density at radius 1 is 1.29 bits per heavy atom. The number of halogens is 2. The summed E-state index contributed by atoms with van der Waals surface area (Å²) in [5.74, 6) is -0.366. The summed E-state index contributed by atoms with van der Waals surface area (Å²) >= 11 is 0. The van der Waals surface area contributed by atoms with Crippen LogP contribution in [0.2, 0.25) is 0 Å². The zero-order chi connectivity index (χ0) is 12.5. The summed E-state index contributed by atoms with van der Waals surface area (Å²) in [6.07, 6.45) is 4.29. The van der Waals surface area contributed by atoms with Gasteiger partial charge in [-0.1, -0.05) is 0 Å². The molecule has 4 heteroatoms. The summed E-state index contributed by atoms with van der Waals surface area (Å²) in [6.45, 7) is 2.83. The van der Waals surface area contributed by atoms with Gasteiger partial charge in [0.2, 0.25) is 0 Å². The molecule has 100 valence electrons. The van der Waals surface area contributed by atoms with Crippen molar-refractivity contribution in [2.45, 2.75) is 38.5 Å². The largest absolute Gasteiger partial charge is 0.396 e. The van der Waals surface area contributed by atoms with Crippen LogP contribution >= 0.6 is 0 Å². The molecule has 1 N–H and O–H groups in total. The zero-order valence-electron chi connectivity index (χ0n) is 10.5. The van der Waals surface area contributed by atoms with Crippen LogP contribution in [0.4, 0.5) is 8.78 Å². The summed E-state index contributed by atoms with van der Waals surface area (Å²) in [4.78, 5) is 1.89. The second kappa shape index (κ2) is 5.19. The van der Waals surface area contributed by atoms with Gasteiger partial charge in [0.25, 0.3) is 5.92 Å². The molecule has 0 aromatic carbocycles. The van der Waals surface area contributed by atoms with Gasteiger partial charge in [-0.3, -0.25) is 4.90 Å². The first-order valence-corrected chi connectivity index (χ1v) is 6.70. The molecule has 2 nitrogen and oxygen atoms in total. The van der Waals surface area contributed by atoms with Crippen LogP contribution in [-0.4, -0.2) is 42.2 Å². The van der Waals surface area contributed by atoms with E-state index in [1.807, 2.05) is 4.90 Å². The van der Waals surface area contributed by atoms with Crippen molar-refractivity contribution in [2.24, 2.45) is 17.8 Å². The Morgan fingerprint density at radius 2 is 1.94 bits per heavy atom. The molecule has 2 aliphatic rings. The highest BCUT2D eigenvalue weighted by molar-refractivity contribution is 4.93. The molecule has 2 rings (SSSR count). The minimum absolute atomic E-state index is 0.0928. The maximum atomic E-state index is 12.9. The van der Waals surface area contributed by atoms with E-state index in [1.54, 1.807) is 0 Å². The van der Waals surface area contributed by atoms with Crippen molar-refractivity contribution in [1.29, 1.82) is 0 Å². The Balaban J connectivity index is 1.69. The van der Waals surface area contributed by atoms with Gasteiger partial charge in [0.1, 0.15) is 0 Å². The zero-order valence-corrected chi connectivity index (χ0v) is 10.5. The SMILES string of the molecule is CC(F)(F)CN1CCC([C@H]2CC2CCO)CC1. The van der Waals surface area contributed by atoms with Crippen molar-refractivity contribution < 1.29 is 13.9 Å². The third-order valence-corrected chi connectivity index (χ3v) is 4.22. The highest BCUT2D eigenvalue weighted by Crippen LogP contribution is 2.49. The van der Waals surface area contributed by atoms with Crippen molar-refractivity contribution in [3.8, 4) is 0 Å². The second-order valence-corrected chi connectivity index (χ2v) is 5.86. The van der Waals surface area contributed by atoms with Crippen molar-refractivity contribution >= 4 is 0 Å². The number of likely N-dealkylation sites (tertiary alicyclic amines) is 1. The normalized spacial score (nSPS) is 31.8. The molecule has 0 spiro atoms. The first-order valence-electron chi connectivity index (χ1n) is 6.70. The predicted molar refractivity (Wildman–Crippen MR) is 63.1 cm³/mol. The third kappa shape index (κ3) is 3.88. The molecule has 1 unspecified atom stereocenters. The number of nitrogens with zero attached hydrogens (tertiary/aromatic N) is 1. The lowest BCUT2D eigenvalue weighted by Crippen LogP contribution is -2.41. The molecule has 0 aromatic heterocycles. The molecular weight excluding hydrogens is 224 g/mol. The fourth-order valence-electron chi connectivity index (χ4n) is 3.28. The maximum absolute atomic E-state index is 12.9. The molecule has 2 atom stereocenters. The molecule has 1 saturated heterocycles. The summed E-state index contributed by atoms with van der Waals surface area (Å²) < 4.78 is 25.7. The Labute approximate surface area is 102 Å². The van der Waals surface area contributed by atoms with Crippen LogP contribution < -0.4 is 0 Å². The summed E-state index contributed by atoms with van der Waals surface area (Å²) in [5.41, 5.74) is 0. The third-order valence-electron chi connectivity index (χ3n) is 4.22. The van der Waals surface area contributed by atoms with Crippen molar-refractivity contribution in [1.82, 2.24) is 4.90 Å². The number of aliphatic hydroxyl groups is 1. The molecule has 1 saturated carbocycles. The lowest BCUT2D eigenvalue weighted by molar-refractivity contribution is -0.0232. The molecule has 0 radical (unpaired) electrons. The average molecular weight is 247 g/mol. The molecular formula is C13H23F2NO. The monoisotopic (exact) mass is 247 g/mol. The van der Waals surface area contributed by atoms with Gasteiger partial charge in [0.15, 0.2) is 0 Å². The topological polar surface area (TPSA) is 23.5 Å². The Morgan fingerprint density at radius 3 is 2.47 bits per heavy atom. The number of hydrogen-bond acceptors (Lipinski definition) is 2. The number of alkyl halides is 2. The number of rotatable bonds is 5. The first kappa shape index (κ1) is 13.2. The van der Waals surface area contributed by atoms with Crippen LogP contribution in [0.1, 0.15) is 32.6 Å². The van der Waals surface area contributed by atoms with Crippen LogP contribution in [0.15, 0.2) is 0 Å². The van der Waals surface area contributed by atoms with Gasteiger partial charge in [0.05, 0.1) is 6.54 Å². The standard InChI is InChI=1S/C13H23F2NO/c1-13(14,15)9-16-5-2-10(3-6-16)12-8-11(12)4-7-17/h10-12,17H,2-9H2,1H3/t11?,12-/m1/s1. The van der Waals surface area contributed by atoms with Gasteiger partial charge in [-0.15, -0.1) is 0 Å². The van der Waals surface area contributed by atoms with Crippen LogP contribution in [-0.2, 0) is 0 Å². The predicted octanol–water partition coefficient (Wildman–Crippen LogP) is 2.37. The van der Waals surface area contributed by atoms with E-state index in [0.717, 1.165) is 45.2 Å². The van der Waals surface area contributed by atoms with Gasteiger partial charge in [-0.05, 0) is 56.5 Å². The van der Waals surface area contributed by atoms with Gasteiger partial charge < -0.3 is 5.11 Å². The lowest BCUT2D eigenvalue weighted by atomic mass is 9.90. The molecule has 1 aliphatic carbocycles. The van der Waals surface area contributed by atoms with Crippen molar-refractivity contribution in [2.75, 3.05) is 26.2 Å². The van der Waals surface area contributed by atoms with E-state index >= 15 is 0 Å². The van der Waals surface area contributed by atoms with E-state index in [1.165, 1.54) is 6.42 Å². The van der Waals surface area contributed by atoms with E-state index in [2.05, 4.69) is 0 Å². The molecule has 2 fully saturated rings. The summed E-state index contributed by atoms with van der Waals surface area (Å²) in [6, 6.07) is 0. The molecule has 1 heterocycles. The van der Waals surface area contributed by atoms with Gasteiger partial charge in [0, 0.05) is 13.5 Å². The second-order valence-electron chi connectivity index (χ2n) is 5.86. The van der Waals surface area contributed by atoms with Gasteiger partial charge >= 0.3 is 0 Å². The Bertz CT molecular complexity index is 246. The van der Waals surface area contributed by atoms with Crippen LogP contribution in [0.3, 0.4) is 0 Å². The van der Waals surface area contributed by atoms with Crippen molar-refractivity contribution in [3.63, 3.8) is 0 Å². The van der Waals surface area contributed by atoms with Gasteiger partial charge in [-0.25, -0.2) is 8.78 Å². The molecule has 0 amide bonds. The quantitative estimate of drug-likeness (QED) is 0.806. The van der Waals surface area contributed by atoms with Crippen LogP contribution in [0.5, 0.6) is 0 Å². The van der Waals surface area contributed by atoms with E-state index in [-0.39, 0.29) is 6.54 Å². The minimum atomic E-state index is -2.56. The fraction of sp³-hybridized carbons (Fsp3) is 1.00. The van der Waals surface area contributed by atoms with E-state index < -0.39 is 5.92 Å². The highest BCUT2D eigenvalue weighted by atomic mass is 19.3. The Hall–Kier alpha value is -0.220. The minimum Gasteiger partial charge on any atom is -0.396 e. The van der Waals surface area contributed by atoms with Crippen LogP contribution in [0, 0.1) is 17.8 Å². The fourth-order valence-corrected chi connectivity index (χ4v) is 3.28. The number of hydrogen-bond donors (Lipinski definition) is 1. The van der Waals surface area contributed by atoms with Crippen LogP contribution in [0.25, 0.3) is 0 Å².